The molecule has 1 unspecified atom stereocenters. The number of halogens is 2. The molecule has 0 saturated heterocycles. The second-order valence-electron chi connectivity index (χ2n) is 6.52. The van der Waals surface area contributed by atoms with Crippen molar-refractivity contribution < 1.29 is 14.3 Å². The standard InChI is InChI=1S/C23H21Cl2NO3/c1-15(16-3-6-19(24)7-4-16)26-23(27)17-5-12-22(28-2)18(13-17)14-29-21-10-8-20(25)9-11-21/h3-13,15H,14H2,1-2H3,(H,26,27). The van der Waals surface area contributed by atoms with E-state index in [0.717, 1.165) is 11.1 Å². The predicted molar refractivity (Wildman–Crippen MR) is 116 cm³/mol. The molecule has 0 fully saturated rings. The van der Waals surface area contributed by atoms with Gasteiger partial charge in [0.25, 0.3) is 5.91 Å². The first kappa shape index (κ1) is 21.0. The van der Waals surface area contributed by atoms with Crippen molar-refractivity contribution in [2.24, 2.45) is 0 Å². The normalized spacial score (nSPS) is 11.6. The van der Waals surface area contributed by atoms with Gasteiger partial charge in [-0.05, 0) is 67.1 Å². The van der Waals surface area contributed by atoms with E-state index in [2.05, 4.69) is 5.32 Å². The van der Waals surface area contributed by atoms with Crippen molar-refractivity contribution in [3.8, 4) is 11.5 Å². The van der Waals surface area contributed by atoms with E-state index in [-0.39, 0.29) is 18.6 Å². The number of carbonyl (C=O) groups is 1. The number of rotatable bonds is 7. The van der Waals surface area contributed by atoms with Crippen LogP contribution in [0.1, 0.15) is 34.5 Å². The quantitative estimate of drug-likeness (QED) is 0.495. The van der Waals surface area contributed by atoms with Gasteiger partial charge in [-0.1, -0.05) is 35.3 Å². The van der Waals surface area contributed by atoms with Crippen molar-refractivity contribution in [2.75, 3.05) is 7.11 Å². The summed E-state index contributed by atoms with van der Waals surface area (Å²) in [5.41, 5.74) is 2.28. The highest BCUT2D eigenvalue weighted by Crippen LogP contribution is 2.24. The largest absolute Gasteiger partial charge is 0.496 e. The fourth-order valence-corrected chi connectivity index (χ4v) is 3.09. The fraction of sp³-hybridized carbons (Fsp3) is 0.174. The van der Waals surface area contributed by atoms with Crippen LogP contribution in [0.3, 0.4) is 0 Å². The Morgan fingerprint density at radius 3 is 2.21 bits per heavy atom. The maximum absolute atomic E-state index is 12.7. The number of nitrogens with one attached hydrogen (secondary N) is 1. The first-order chi connectivity index (χ1) is 14.0. The molecule has 0 aliphatic carbocycles. The lowest BCUT2D eigenvalue weighted by Gasteiger charge is -2.16. The van der Waals surface area contributed by atoms with Crippen LogP contribution in [0, 0.1) is 0 Å². The molecule has 3 aromatic rings. The third kappa shape index (κ3) is 5.66. The Morgan fingerprint density at radius 1 is 0.966 bits per heavy atom. The number of benzene rings is 3. The van der Waals surface area contributed by atoms with Crippen LogP contribution >= 0.6 is 23.2 Å². The third-order valence-corrected chi connectivity index (χ3v) is 4.97. The molecule has 0 aliphatic rings. The molecule has 1 N–H and O–H groups in total. The van der Waals surface area contributed by atoms with Gasteiger partial charge in [-0.3, -0.25) is 4.79 Å². The first-order valence-corrected chi connectivity index (χ1v) is 9.83. The van der Waals surface area contributed by atoms with E-state index in [1.165, 1.54) is 0 Å². The van der Waals surface area contributed by atoms with Gasteiger partial charge in [0.1, 0.15) is 18.1 Å². The molecular weight excluding hydrogens is 409 g/mol. The molecule has 6 heteroatoms. The summed E-state index contributed by atoms with van der Waals surface area (Å²) in [6.07, 6.45) is 0. The Bertz CT molecular complexity index is 972. The molecule has 29 heavy (non-hydrogen) atoms. The Hall–Kier alpha value is -2.69. The van der Waals surface area contributed by atoms with Crippen LogP contribution < -0.4 is 14.8 Å². The SMILES string of the molecule is COc1ccc(C(=O)NC(C)c2ccc(Cl)cc2)cc1COc1ccc(Cl)cc1. The van der Waals surface area contributed by atoms with Crippen LogP contribution in [0.4, 0.5) is 0 Å². The van der Waals surface area contributed by atoms with Crippen molar-refractivity contribution >= 4 is 29.1 Å². The summed E-state index contributed by atoms with van der Waals surface area (Å²) in [6, 6.07) is 19.6. The van der Waals surface area contributed by atoms with Gasteiger partial charge >= 0.3 is 0 Å². The molecule has 0 spiro atoms. The molecule has 0 radical (unpaired) electrons. The van der Waals surface area contributed by atoms with Crippen LogP contribution in [0.15, 0.2) is 66.7 Å². The lowest BCUT2D eigenvalue weighted by Crippen LogP contribution is -2.26. The van der Waals surface area contributed by atoms with Crippen molar-refractivity contribution in [3.63, 3.8) is 0 Å². The van der Waals surface area contributed by atoms with Gasteiger partial charge in [0.2, 0.25) is 0 Å². The third-order valence-electron chi connectivity index (χ3n) is 4.47. The van der Waals surface area contributed by atoms with Gasteiger partial charge in [-0.15, -0.1) is 0 Å². The van der Waals surface area contributed by atoms with E-state index < -0.39 is 0 Å². The molecule has 0 saturated carbocycles. The zero-order valence-electron chi connectivity index (χ0n) is 16.1. The van der Waals surface area contributed by atoms with Gasteiger partial charge < -0.3 is 14.8 Å². The number of amides is 1. The van der Waals surface area contributed by atoms with E-state index in [0.29, 0.717) is 27.1 Å². The van der Waals surface area contributed by atoms with E-state index in [4.69, 9.17) is 32.7 Å². The van der Waals surface area contributed by atoms with Crippen molar-refractivity contribution in [1.29, 1.82) is 0 Å². The summed E-state index contributed by atoms with van der Waals surface area (Å²) in [5, 5.41) is 4.30. The van der Waals surface area contributed by atoms with Crippen LogP contribution in [0.2, 0.25) is 10.0 Å². The highest BCUT2D eigenvalue weighted by Gasteiger charge is 2.14. The summed E-state index contributed by atoms with van der Waals surface area (Å²) >= 11 is 11.8. The van der Waals surface area contributed by atoms with Crippen molar-refractivity contribution in [1.82, 2.24) is 5.32 Å². The number of methoxy groups -OCH3 is 1. The maximum Gasteiger partial charge on any atom is 0.251 e. The number of hydrogen-bond donors (Lipinski definition) is 1. The molecule has 0 bridgehead atoms. The van der Waals surface area contributed by atoms with Crippen molar-refractivity contribution in [2.45, 2.75) is 19.6 Å². The zero-order valence-corrected chi connectivity index (χ0v) is 17.6. The molecule has 4 nitrogen and oxygen atoms in total. The van der Waals surface area contributed by atoms with Gasteiger partial charge in [0.15, 0.2) is 0 Å². The van der Waals surface area contributed by atoms with E-state index in [1.54, 1.807) is 61.7 Å². The van der Waals surface area contributed by atoms with Crippen LogP contribution in [0.25, 0.3) is 0 Å². The Morgan fingerprint density at radius 2 is 1.59 bits per heavy atom. The second-order valence-corrected chi connectivity index (χ2v) is 7.39. The Balaban J connectivity index is 1.71. The van der Waals surface area contributed by atoms with Crippen LogP contribution in [0.5, 0.6) is 11.5 Å². The average Bonchev–Trinajstić information content (AvgIpc) is 2.73. The second kappa shape index (κ2) is 9.68. The predicted octanol–water partition coefficient (Wildman–Crippen LogP) is 6.07. The van der Waals surface area contributed by atoms with Gasteiger partial charge in [0, 0.05) is 21.2 Å². The maximum atomic E-state index is 12.7. The fourth-order valence-electron chi connectivity index (χ4n) is 2.84. The van der Waals surface area contributed by atoms with Crippen LogP contribution in [-0.2, 0) is 6.61 Å². The van der Waals surface area contributed by atoms with E-state index >= 15 is 0 Å². The number of hydrogen-bond acceptors (Lipinski definition) is 3. The Kier molecular flexibility index (Phi) is 7.02. The van der Waals surface area contributed by atoms with Gasteiger partial charge in [0.05, 0.1) is 13.2 Å². The van der Waals surface area contributed by atoms with Gasteiger partial charge in [-0.2, -0.15) is 0 Å². The smallest absolute Gasteiger partial charge is 0.251 e. The minimum absolute atomic E-state index is 0.157. The van der Waals surface area contributed by atoms with Gasteiger partial charge in [-0.25, -0.2) is 0 Å². The zero-order chi connectivity index (χ0) is 20.8. The molecule has 1 atom stereocenters. The van der Waals surface area contributed by atoms with Crippen molar-refractivity contribution in [3.05, 3.63) is 93.5 Å². The Labute approximate surface area is 180 Å². The highest BCUT2D eigenvalue weighted by molar-refractivity contribution is 6.30. The topological polar surface area (TPSA) is 47.6 Å². The van der Waals surface area contributed by atoms with E-state index in [1.807, 2.05) is 19.1 Å². The summed E-state index contributed by atoms with van der Waals surface area (Å²) in [7, 11) is 1.59. The number of ether oxygens (including phenoxy) is 2. The molecule has 1 amide bonds. The average molecular weight is 430 g/mol. The lowest BCUT2D eigenvalue weighted by atomic mass is 10.1. The summed E-state index contributed by atoms with van der Waals surface area (Å²) < 4.78 is 11.2. The first-order valence-electron chi connectivity index (χ1n) is 9.08. The molecular formula is C23H21Cl2NO3. The molecule has 3 rings (SSSR count). The highest BCUT2D eigenvalue weighted by atomic mass is 35.5. The monoisotopic (exact) mass is 429 g/mol. The summed E-state index contributed by atoms with van der Waals surface area (Å²) in [6.45, 7) is 2.19. The molecule has 0 aromatic heterocycles. The van der Waals surface area contributed by atoms with Crippen LogP contribution in [-0.4, -0.2) is 13.0 Å². The lowest BCUT2D eigenvalue weighted by molar-refractivity contribution is 0.0939. The van der Waals surface area contributed by atoms with E-state index in [9.17, 15) is 4.79 Å². The molecule has 0 heterocycles. The summed E-state index contributed by atoms with van der Waals surface area (Å²) in [5.74, 6) is 1.16. The number of carbonyl (C=O) groups excluding carboxylic acids is 1. The summed E-state index contributed by atoms with van der Waals surface area (Å²) in [4.78, 5) is 12.7. The minimum atomic E-state index is -0.178. The molecule has 0 aliphatic heterocycles. The minimum Gasteiger partial charge on any atom is -0.496 e. The molecule has 150 valence electrons. The molecule has 3 aromatic carbocycles.